The van der Waals surface area contributed by atoms with Crippen molar-refractivity contribution in [3.63, 3.8) is 0 Å². The number of hydrogen-bond acceptors (Lipinski definition) is 1. The molecule has 4 heteroatoms. The van der Waals surface area contributed by atoms with E-state index in [2.05, 4.69) is 6.07 Å². The fourth-order valence-electron chi connectivity index (χ4n) is 2.16. The van der Waals surface area contributed by atoms with Gasteiger partial charge in [-0.05, 0) is 38.7 Å². The molecule has 18 heavy (non-hydrogen) atoms. The third kappa shape index (κ3) is 6.05. The molecule has 0 aliphatic carbocycles. The predicted octanol–water partition coefficient (Wildman–Crippen LogP) is 3.91. The Balaban J connectivity index is 2.42. The highest BCUT2D eigenvalue weighted by atomic mass is 19.4. The molecular formula is C14H20F3N. The molecule has 0 saturated heterocycles. The van der Waals surface area contributed by atoms with Crippen LogP contribution >= 0.6 is 0 Å². The minimum Gasteiger partial charge on any atom is -0.327 e. The Morgan fingerprint density at radius 2 is 1.67 bits per heavy atom. The summed E-state index contributed by atoms with van der Waals surface area (Å²) >= 11 is 0. The van der Waals surface area contributed by atoms with E-state index in [1.165, 1.54) is 0 Å². The maximum atomic E-state index is 12.0. The first-order valence-electron chi connectivity index (χ1n) is 6.16. The van der Waals surface area contributed by atoms with Crippen LogP contribution < -0.4 is 5.73 Å². The van der Waals surface area contributed by atoms with Crippen molar-refractivity contribution in [2.45, 2.75) is 51.7 Å². The monoisotopic (exact) mass is 259 g/mol. The summed E-state index contributed by atoms with van der Waals surface area (Å²) < 4.78 is 36.0. The van der Waals surface area contributed by atoms with Gasteiger partial charge in [0.05, 0.1) is 0 Å². The minimum absolute atomic E-state index is 0.107. The molecule has 1 nitrogen and oxygen atoms in total. The normalized spacial score (nSPS) is 13.7. The van der Waals surface area contributed by atoms with Crippen molar-refractivity contribution in [3.8, 4) is 0 Å². The number of aryl methyl sites for hydroxylation is 2. The van der Waals surface area contributed by atoms with E-state index in [1.54, 1.807) is 0 Å². The Labute approximate surface area is 106 Å². The average molecular weight is 259 g/mol. The van der Waals surface area contributed by atoms with Gasteiger partial charge in [-0.1, -0.05) is 29.3 Å². The molecule has 1 unspecified atom stereocenters. The molecule has 0 saturated carbocycles. The fraction of sp³-hybridized carbons (Fsp3) is 0.571. The molecule has 0 amide bonds. The van der Waals surface area contributed by atoms with Crippen LogP contribution in [-0.4, -0.2) is 12.2 Å². The van der Waals surface area contributed by atoms with E-state index in [4.69, 9.17) is 5.73 Å². The first-order valence-corrected chi connectivity index (χ1v) is 6.16. The van der Waals surface area contributed by atoms with E-state index in [-0.39, 0.29) is 12.5 Å². The topological polar surface area (TPSA) is 26.0 Å². The number of halogens is 3. The maximum Gasteiger partial charge on any atom is 0.389 e. The van der Waals surface area contributed by atoms with E-state index < -0.39 is 12.6 Å². The Kier molecular flexibility index (Phi) is 5.20. The van der Waals surface area contributed by atoms with Gasteiger partial charge in [-0.2, -0.15) is 13.2 Å². The van der Waals surface area contributed by atoms with Gasteiger partial charge in [0.25, 0.3) is 0 Å². The molecule has 0 aliphatic heterocycles. The summed E-state index contributed by atoms with van der Waals surface area (Å²) in [6.07, 6.45) is -3.66. The predicted molar refractivity (Wildman–Crippen MR) is 67.5 cm³/mol. The summed E-state index contributed by atoms with van der Waals surface area (Å²) in [7, 11) is 0. The third-order valence-electron chi connectivity index (χ3n) is 2.81. The van der Waals surface area contributed by atoms with E-state index in [1.807, 2.05) is 26.0 Å². The van der Waals surface area contributed by atoms with Gasteiger partial charge >= 0.3 is 6.18 Å². The molecule has 102 valence electrons. The van der Waals surface area contributed by atoms with Crippen molar-refractivity contribution in [2.24, 2.45) is 5.73 Å². The number of alkyl halides is 3. The smallest absolute Gasteiger partial charge is 0.327 e. The van der Waals surface area contributed by atoms with Crippen LogP contribution in [0.2, 0.25) is 0 Å². The summed E-state index contributed by atoms with van der Waals surface area (Å²) in [5, 5.41) is 0. The van der Waals surface area contributed by atoms with E-state index in [9.17, 15) is 13.2 Å². The van der Waals surface area contributed by atoms with Crippen LogP contribution in [0, 0.1) is 13.8 Å². The first-order chi connectivity index (χ1) is 8.26. The van der Waals surface area contributed by atoms with Gasteiger partial charge in [0.1, 0.15) is 0 Å². The number of nitrogens with two attached hydrogens (primary N) is 1. The minimum atomic E-state index is -4.07. The Hall–Kier alpha value is -1.03. The van der Waals surface area contributed by atoms with Crippen molar-refractivity contribution in [1.82, 2.24) is 0 Å². The van der Waals surface area contributed by atoms with Crippen LogP contribution in [0.4, 0.5) is 13.2 Å². The summed E-state index contributed by atoms with van der Waals surface area (Å²) in [4.78, 5) is 0. The van der Waals surface area contributed by atoms with Gasteiger partial charge in [-0.3, -0.25) is 0 Å². The second-order valence-corrected chi connectivity index (χ2v) is 4.97. The zero-order valence-corrected chi connectivity index (χ0v) is 10.8. The maximum absolute atomic E-state index is 12.0. The molecule has 1 aromatic rings. The molecule has 1 atom stereocenters. The quantitative estimate of drug-likeness (QED) is 0.852. The summed E-state index contributed by atoms with van der Waals surface area (Å²) in [6, 6.07) is 5.94. The lowest BCUT2D eigenvalue weighted by Gasteiger charge is -2.13. The van der Waals surface area contributed by atoms with Crippen LogP contribution in [0.5, 0.6) is 0 Å². The van der Waals surface area contributed by atoms with E-state index in [0.717, 1.165) is 16.7 Å². The zero-order valence-electron chi connectivity index (χ0n) is 10.8. The lowest BCUT2D eigenvalue weighted by atomic mass is 9.98. The zero-order chi connectivity index (χ0) is 13.8. The molecule has 1 aromatic carbocycles. The first kappa shape index (κ1) is 15.0. The molecule has 2 N–H and O–H groups in total. The van der Waals surface area contributed by atoms with Gasteiger partial charge in [-0.15, -0.1) is 0 Å². The molecule has 1 rings (SSSR count). The number of benzene rings is 1. The van der Waals surface area contributed by atoms with Crippen molar-refractivity contribution in [2.75, 3.05) is 0 Å². The fourth-order valence-corrected chi connectivity index (χ4v) is 2.16. The van der Waals surface area contributed by atoms with Crippen molar-refractivity contribution >= 4 is 0 Å². The lowest BCUT2D eigenvalue weighted by molar-refractivity contribution is -0.135. The largest absolute Gasteiger partial charge is 0.389 e. The van der Waals surface area contributed by atoms with Crippen LogP contribution in [-0.2, 0) is 6.42 Å². The van der Waals surface area contributed by atoms with Crippen molar-refractivity contribution in [1.29, 1.82) is 0 Å². The average Bonchev–Trinajstić information content (AvgIpc) is 2.12. The van der Waals surface area contributed by atoms with E-state index in [0.29, 0.717) is 12.8 Å². The van der Waals surface area contributed by atoms with Gasteiger partial charge < -0.3 is 5.73 Å². The highest BCUT2D eigenvalue weighted by molar-refractivity contribution is 5.29. The Morgan fingerprint density at radius 1 is 1.11 bits per heavy atom. The molecule has 0 bridgehead atoms. The summed E-state index contributed by atoms with van der Waals surface area (Å²) in [6.45, 7) is 4.01. The van der Waals surface area contributed by atoms with Gasteiger partial charge in [0.2, 0.25) is 0 Å². The Morgan fingerprint density at radius 3 is 2.17 bits per heavy atom. The molecule has 0 aliphatic rings. The van der Waals surface area contributed by atoms with Crippen LogP contribution in [0.1, 0.15) is 36.0 Å². The lowest BCUT2D eigenvalue weighted by Crippen LogP contribution is -2.23. The summed E-state index contributed by atoms with van der Waals surface area (Å²) in [5.41, 5.74) is 9.29. The van der Waals surface area contributed by atoms with Crippen LogP contribution in [0.15, 0.2) is 18.2 Å². The summed E-state index contributed by atoms with van der Waals surface area (Å²) in [5.74, 6) is 0. The number of rotatable bonds is 5. The standard InChI is InChI=1S/C14H20F3N/c1-10-6-11(2)8-12(7-10)9-13(18)4-3-5-14(15,16)17/h6-8,13H,3-5,9,18H2,1-2H3. The van der Waals surface area contributed by atoms with Gasteiger partial charge in [-0.25, -0.2) is 0 Å². The second-order valence-electron chi connectivity index (χ2n) is 4.97. The van der Waals surface area contributed by atoms with Gasteiger partial charge in [0, 0.05) is 12.5 Å². The second kappa shape index (κ2) is 6.23. The van der Waals surface area contributed by atoms with Crippen molar-refractivity contribution in [3.05, 3.63) is 34.9 Å². The van der Waals surface area contributed by atoms with Gasteiger partial charge in [0.15, 0.2) is 0 Å². The number of hydrogen-bond donors (Lipinski definition) is 1. The molecule has 0 spiro atoms. The van der Waals surface area contributed by atoms with Crippen LogP contribution in [0.3, 0.4) is 0 Å². The molecule has 0 heterocycles. The van der Waals surface area contributed by atoms with Crippen molar-refractivity contribution < 1.29 is 13.2 Å². The van der Waals surface area contributed by atoms with E-state index >= 15 is 0 Å². The molecular weight excluding hydrogens is 239 g/mol. The SMILES string of the molecule is Cc1cc(C)cc(CC(N)CCCC(F)(F)F)c1. The molecule has 0 aromatic heterocycles. The van der Waals surface area contributed by atoms with Crippen LogP contribution in [0.25, 0.3) is 0 Å². The highest BCUT2D eigenvalue weighted by Gasteiger charge is 2.26. The third-order valence-corrected chi connectivity index (χ3v) is 2.81. The Bertz CT molecular complexity index is 365. The molecule has 0 radical (unpaired) electrons. The highest BCUT2D eigenvalue weighted by Crippen LogP contribution is 2.23. The molecule has 0 fully saturated rings.